The van der Waals surface area contributed by atoms with Crippen molar-refractivity contribution in [2.24, 2.45) is 7.05 Å². The molecule has 0 atom stereocenters. The van der Waals surface area contributed by atoms with Crippen LogP contribution in [0.4, 0.5) is 11.4 Å². The number of nitrogens with zero attached hydrogens (tertiary/aromatic N) is 2. The number of carbonyl (C=O) groups is 1. The van der Waals surface area contributed by atoms with Gasteiger partial charge in [-0.25, -0.2) is 0 Å². The highest BCUT2D eigenvalue weighted by molar-refractivity contribution is 6.03. The Labute approximate surface area is 104 Å². The summed E-state index contributed by atoms with van der Waals surface area (Å²) in [5.74, 6) is 0.291. The van der Waals surface area contributed by atoms with Crippen molar-refractivity contribution < 1.29 is 9.53 Å². The zero-order chi connectivity index (χ0) is 13.1. The zero-order valence-corrected chi connectivity index (χ0v) is 10.2. The van der Waals surface area contributed by atoms with Crippen molar-refractivity contribution in [3.05, 3.63) is 36.2 Å². The summed E-state index contributed by atoms with van der Waals surface area (Å²) in [5.41, 5.74) is 7.32. The molecule has 0 unspecified atom stereocenters. The van der Waals surface area contributed by atoms with E-state index in [1.54, 1.807) is 37.5 Å². The molecule has 1 amide bonds. The second kappa shape index (κ2) is 4.79. The van der Waals surface area contributed by atoms with E-state index in [2.05, 4.69) is 10.4 Å². The first-order valence-corrected chi connectivity index (χ1v) is 5.34. The van der Waals surface area contributed by atoms with E-state index >= 15 is 0 Å². The fourth-order valence-electron chi connectivity index (χ4n) is 1.58. The molecule has 0 fully saturated rings. The zero-order valence-electron chi connectivity index (χ0n) is 10.2. The van der Waals surface area contributed by atoms with Crippen molar-refractivity contribution >= 4 is 17.3 Å². The lowest BCUT2D eigenvalue weighted by Crippen LogP contribution is -2.16. The molecule has 2 aromatic rings. The highest BCUT2D eigenvalue weighted by atomic mass is 16.5. The van der Waals surface area contributed by atoms with E-state index in [9.17, 15) is 4.79 Å². The molecule has 0 radical (unpaired) electrons. The summed E-state index contributed by atoms with van der Waals surface area (Å²) in [6, 6.07) is 6.71. The number of ether oxygens (including phenoxy) is 1. The third kappa shape index (κ3) is 2.27. The first kappa shape index (κ1) is 12.0. The monoisotopic (exact) mass is 246 g/mol. The molecule has 1 aromatic carbocycles. The normalized spacial score (nSPS) is 10.1. The van der Waals surface area contributed by atoms with Crippen LogP contribution >= 0.6 is 0 Å². The summed E-state index contributed by atoms with van der Waals surface area (Å²) in [4.78, 5) is 11.9. The van der Waals surface area contributed by atoms with Crippen molar-refractivity contribution in [3.8, 4) is 5.75 Å². The smallest absolute Gasteiger partial charge is 0.273 e. The quantitative estimate of drug-likeness (QED) is 0.799. The van der Waals surface area contributed by atoms with Crippen molar-refractivity contribution in [2.75, 3.05) is 18.2 Å². The van der Waals surface area contributed by atoms with E-state index in [1.807, 2.05) is 0 Å². The number of carbonyl (C=O) groups excluding carboxylic acids is 1. The Bertz CT molecular complexity index is 577. The number of hydrogen-bond donors (Lipinski definition) is 2. The first-order chi connectivity index (χ1) is 8.61. The number of nitrogens with one attached hydrogen (secondary N) is 1. The molecular weight excluding hydrogens is 232 g/mol. The minimum absolute atomic E-state index is 0.234. The van der Waals surface area contributed by atoms with Gasteiger partial charge in [0.2, 0.25) is 0 Å². The van der Waals surface area contributed by atoms with E-state index < -0.39 is 0 Å². The predicted octanol–water partition coefficient (Wildman–Crippen LogP) is 1.26. The van der Waals surface area contributed by atoms with Gasteiger partial charge in [-0.2, -0.15) is 5.10 Å². The SMILES string of the molecule is COc1cc(NC(=O)c2ccnn2C)ccc1N. The Hall–Kier alpha value is -2.50. The average Bonchev–Trinajstić information content (AvgIpc) is 2.78. The van der Waals surface area contributed by atoms with Gasteiger partial charge in [-0.3, -0.25) is 9.48 Å². The van der Waals surface area contributed by atoms with Crippen molar-refractivity contribution in [2.45, 2.75) is 0 Å². The van der Waals surface area contributed by atoms with Gasteiger partial charge in [-0.15, -0.1) is 0 Å². The second-order valence-electron chi connectivity index (χ2n) is 3.75. The fourth-order valence-corrected chi connectivity index (χ4v) is 1.58. The number of hydrogen-bond acceptors (Lipinski definition) is 4. The molecule has 2 rings (SSSR count). The van der Waals surface area contributed by atoms with Gasteiger partial charge in [-0.05, 0) is 18.2 Å². The van der Waals surface area contributed by atoms with Gasteiger partial charge in [-0.1, -0.05) is 0 Å². The lowest BCUT2D eigenvalue weighted by atomic mass is 10.2. The Morgan fingerprint density at radius 3 is 2.83 bits per heavy atom. The van der Waals surface area contributed by atoms with Crippen LogP contribution in [0.15, 0.2) is 30.5 Å². The number of aromatic nitrogens is 2. The molecule has 0 aliphatic rings. The predicted molar refractivity (Wildman–Crippen MR) is 68.6 cm³/mol. The van der Waals surface area contributed by atoms with Gasteiger partial charge < -0.3 is 15.8 Å². The molecule has 1 heterocycles. The van der Waals surface area contributed by atoms with Crippen LogP contribution in [0.5, 0.6) is 5.75 Å². The molecule has 0 saturated heterocycles. The summed E-state index contributed by atoms with van der Waals surface area (Å²) >= 11 is 0. The minimum atomic E-state index is -0.234. The standard InChI is InChI=1S/C12H14N4O2/c1-16-10(5-6-14-16)12(17)15-8-3-4-9(13)11(7-8)18-2/h3-7H,13H2,1-2H3,(H,15,17). The van der Waals surface area contributed by atoms with E-state index in [-0.39, 0.29) is 5.91 Å². The molecule has 0 saturated carbocycles. The van der Waals surface area contributed by atoms with Crippen LogP contribution in [0.25, 0.3) is 0 Å². The van der Waals surface area contributed by atoms with Gasteiger partial charge >= 0.3 is 0 Å². The molecule has 0 spiro atoms. The van der Waals surface area contributed by atoms with Gasteiger partial charge in [0.25, 0.3) is 5.91 Å². The molecule has 6 nitrogen and oxygen atoms in total. The highest BCUT2D eigenvalue weighted by Crippen LogP contribution is 2.25. The Kier molecular flexibility index (Phi) is 3.18. The van der Waals surface area contributed by atoms with E-state index in [4.69, 9.17) is 10.5 Å². The van der Waals surface area contributed by atoms with Crippen LogP contribution in [-0.2, 0) is 7.05 Å². The number of nitrogen functional groups attached to an aromatic ring is 1. The fraction of sp³-hybridized carbons (Fsp3) is 0.167. The number of rotatable bonds is 3. The minimum Gasteiger partial charge on any atom is -0.495 e. The van der Waals surface area contributed by atoms with Gasteiger partial charge in [0.1, 0.15) is 11.4 Å². The summed E-state index contributed by atoms with van der Waals surface area (Å²) in [7, 11) is 3.23. The van der Waals surface area contributed by atoms with Crippen molar-refractivity contribution in [3.63, 3.8) is 0 Å². The molecule has 0 bridgehead atoms. The summed E-state index contributed by atoms with van der Waals surface area (Å²) in [5, 5.41) is 6.69. The second-order valence-corrected chi connectivity index (χ2v) is 3.75. The summed E-state index contributed by atoms with van der Waals surface area (Å²) in [6.07, 6.45) is 1.57. The number of amides is 1. The van der Waals surface area contributed by atoms with Gasteiger partial charge in [0.15, 0.2) is 0 Å². The Balaban J connectivity index is 2.20. The van der Waals surface area contributed by atoms with Crippen molar-refractivity contribution in [1.82, 2.24) is 9.78 Å². The van der Waals surface area contributed by atoms with Crippen LogP contribution in [0, 0.1) is 0 Å². The van der Waals surface area contributed by atoms with Crippen LogP contribution < -0.4 is 15.8 Å². The molecule has 18 heavy (non-hydrogen) atoms. The van der Waals surface area contributed by atoms with Crippen molar-refractivity contribution in [1.29, 1.82) is 0 Å². The van der Waals surface area contributed by atoms with Crippen LogP contribution in [0.2, 0.25) is 0 Å². The van der Waals surface area contributed by atoms with Gasteiger partial charge in [0, 0.05) is 25.0 Å². The molecule has 1 aromatic heterocycles. The van der Waals surface area contributed by atoms with Crippen LogP contribution in [0.1, 0.15) is 10.5 Å². The number of aryl methyl sites for hydroxylation is 1. The molecule has 3 N–H and O–H groups in total. The topological polar surface area (TPSA) is 82.2 Å². The Morgan fingerprint density at radius 2 is 2.22 bits per heavy atom. The maximum absolute atomic E-state index is 11.9. The summed E-state index contributed by atoms with van der Waals surface area (Å²) < 4.78 is 6.59. The number of benzene rings is 1. The molecular formula is C12H14N4O2. The Morgan fingerprint density at radius 1 is 1.44 bits per heavy atom. The largest absolute Gasteiger partial charge is 0.495 e. The van der Waals surface area contributed by atoms with E-state index in [0.717, 1.165) is 0 Å². The number of methoxy groups -OCH3 is 1. The lowest BCUT2D eigenvalue weighted by molar-refractivity contribution is 0.101. The van der Waals surface area contributed by atoms with Gasteiger partial charge in [0.05, 0.1) is 12.8 Å². The lowest BCUT2D eigenvalue weighted by Gasteiger charge is -2.09. The maximum atomic E-state index is 11.9. The molecule has 0 aliphatic heterocycles. The highest BCUT2D eigenvalue weighted by Gasteiger charge is 2.10. The molecule has 6 heteroatoms. The number of anilines is 2. The first-order valence-electron chi connectivity index (χ1n) is 5.34. The summed E-state index contributed by atoms with van der Waals surface area (Å²) in [6.45, 7) is 0. The number of nitrogens with two attached hydrogens (primary N) is 1. The third-order valence-corrected chi connectivity index (χ3v) is 2.54. The van der Waals surface area contributed by atoms with E-state index in [1.165, 1.54) is 11.8 Å². The molecule has 0 aliphatic carbocycles. The molecule has 94 valence electrons. The maximum Gasteiger partial charge on any atom is 0.273 e. The van der Waals surface area contributed by atoms with E-state index in [0.29, 0.717) is 22.8 Å². The van der Waals surface area contributed by atoms with Crippen LogP contribution in [0.3, 0.4) is 0 Å². The third-order valence-electron chi connectivity index (χ3n) is 2.54. The average molecular weight is 246 g/mol. The van der Waals surface area contributed by atoms with Crippen LogP contribution in [-0.4, -0.2) is 22.8 Å².